The lowest BCUT2D eigenvalue weighted by atomic mass is 9.91. The molecular formula is C30H28N4O8S. The number of nitrogens with one attached hydrogen (secondary N) is 2. The van der Waals surface area contributed by atoms with E-state index in [1.54, 1.807) is 42.5 Å². The number of nitrogens with two attached hydrogens (primary N) is 1. The third-order valence-electron chi connectivity index (χ3n) is 7.12. The highest BCUT2D eigenvalue weighted by Crippen LogP contribution is 2.43. The minimum Gasteiger partial charge on any atom is -0.454 e. The molecule has 1 atom stereocenters. The van der Waals surface area contributed by atoms with Gasteiger partial charge in [0.1, 0.15) is 16.7 Å². The van der Waals surface area contributed by atoms with Crippen molar-refractivity contribution in [1.82, 2.24) is 9.79 Å². The van der Waals surface area contributed by atoms with Crippen molar-refractivity contribution < 1.29 is 36.9 Å². The van der Waals surface area contributed by atoms with E-state index in [9.17, 15) is 27.6 Å². The maximum atomic E-state index is 14.0. The van der Waals surface area contributed by atoms with Crippen molar-refractivity contribution in [1.29, 1.82) is 5.41 Å². The van der Waals surface area contributed by atoms with Crippen molar-refractivity contribution in [2.45, 2.75) is 50.0 Å². The monoisotopic (exact) mass is 604 g/mol. The molecule has 2 aliphatic heterocycles. The van der Waals surface area contributed by atoms with Crippen LogP contribution in [0.15, 0.2) is 63.9 Å². The smallest absolute Gasteiger partial charge is 0.350 e. The van der Waals surface area contributed by atoms with Gasteiger partial charge in [-0.3, -0.25) is 14.4 Å². The van der Waals surface area contributed by atoms with E-state index >= 15 is 0 Å². The fraction of sp³-hybridized carbons (Fsp3) is 0.233. The van der Waals surface area contributed by atoms with Gasteiger partial charge >= 0.3 is 5.97 Å². The molecule has 1 aliphatic carbocycles. The van der Waals surface area contributed by atoms with E-state index in [0.717, 1.165) is 0 Å². The number of carbonyl (C=O) groups excluding carboxylic acids is 4. The molecule has 13 heteroatoms. The van der Waals surface area contributed by atoms with E-state index in [1.807, 2.05) is 6.92 Å². The Hall–Kier alpha value is -4.88. The van der Waals surface area contributed by atoms with Gasteiger partial charge in [-0.2, -0.15) is 4.72 Å². The first-order valence-corrected chi connectivity index (χ1v) is 15.0. The second-order valence-electron chi connectivity index (χ2n) is 10.1. The van der Waals surface area contributed by atoms with Crippen molar-refractivity contribution in [2.24, 2.45) is 0 Å². The van der Waals surface area contributed by atoms with Crippen LogP contribution in [-0.2, 0) is 29.2 Å². The predicted octanol–water partition coefficient (Wildman–Crippen LogP) is 3.52. The van der Waals surface area contributed by atoms with Crippen molar-refractivity contribution in [3.63, 3.8) is 0 Å². The second kappa shape index (κ2) is 11.8. The molecule has 222 valence electrons. The fourth-order valence-corrected chi connectivity index (χ4v) is 6.51. The number of hydrogen-bond donors (Lipinski definition) is 3. The zero-order chi connectivity index (χ0) is 30.9. The van der Waals surface area contributed by atoms with Gasteiger partial charge in [-0.15, -0.1) is 5.06 Å². The van der Waals surface area contributed by atoms with Crippen LogP contribution in [0, 0.1) is 5.41 Å². The van der Waals surface area contributed by atoms with Crippen LogP contribution in [-0.4, -0.2) is 43.6 Å². The highest BCUT2D eigenvalue weighted by Gasteiger charge is 2.37. The summed E-state index contributed by atoms with van der Waals surface area (Å²) in [6.07, 6.45) is 1.50. The maximum Gasteiger partial charge on any atom is 0.350 e. The predicted molar refractivity (Wildman–Crippen MR) is 155 cm³/mol. The van der Waals surface area contributed by atoms with Crippen molar-refractivity contribution >= 4 is 50.7 Å². The molecule has 0 radical (unpaired) electrons. The SMILES string of the molecule is CCCCC(NS(=O)(=O)c1c(N)ccc2c(-c3ccccc3C=O)c3ccc(=N)cc-3oc12)C(=O)ON1C(=O)CCC1=O. The summed E-state index contributed by atoms with van der Waals surface area (Å²) in [5.41, 5.74) is 7.75. The summed E-state index contributed by atoms with van der Waals surface area (Å²) < 4.78 is 36.4. The van der Waals surface area contributed by atoms with Gasteiger partial charge < -0.3 is 20.4 Å². The first kappa shape index (κ1) is 29.6. The van der Waals surface area contributed by atoms with E-state index in [0.29, 0.717) is 51.8 Å². The van der Waals surface area contributed by atoms with Gasteiger partial charge in [0.25, 0.3) is 11.8 Å². The Labute approximate surface area is 246 Å². The van der Waals surface area contributed by atoms with E-state index < -0.39 is 38.7 Å². The third kappa shape index (κ3) is 5.64. The number of benzene rings is 3. The Morgan fingerprint density at radius 1 is 1.12 bits per heavy atom. The molecule has 2 aromatic rings. The minimum absolute atomic E-state index is 0.00961. The Bertz CT molecular complexity index is 1900. The molecule has 2 heterocycles. The van der Waals surface area contributed by atoms with Gasteiger partial charge in [0.15, 0.2) is 11.9 Å². The molecule has 2 amide bonds. The summed E-state index contributed by atoms with van der Waals surface area (Å²) in [4.78, 5) is 53.6. The van der Waals surface area contributed by atoms with Crippen LogP contribution in [0.25, 0.3) is 33.4 Å². The summed E-state index contributed by atoms with van der Waals surface area (Å²) in [5, 5.41) is 8.88. The number of amides is 2. The third-order valence-corrected chi connectivity index (χ3v) is 8.67. The molecule has 0 bridgehead atoms. The normalized spacial score (nSPS) is 14.4. The van der Waals surface area contributed by atoms with E-state index in [4.69, 9.17) is 20.4 Å². The second-order valence-corrected chi connectivity index (χ2v) is 11.7. The largest absolute Gasteiger partial charge is 0.454 e. The Kier molecular flexibility index (Phi) is 8.11. The topological polar surface area (TPSA) is 190 Å². The highest BCUT2D eigenvalue weighted by atomic mass is 32.2. The summed E-state index contributed by atoms with van der Waals surface area (Å²) >= 11 is 0. The zero-order valence-electron chi connectivity index (χ0n) is 23.1. The average molecular weight is 605 g/mol. The van der Waals surface area contributed by atoms with Gasteiger partial charge in [0.05, 0.1) is 11.0 Å². The van der Waals surface area contributed by atoms with Crippen LogP contribution < -0.4 is 15.8 Å². The van der Waals surface area contributed by atoms with Gasteiger partial charge in [-0.1, -0.05) is 44.0 Å². The first-order valence-electron chi connectivity index (χ1n) is 13.5. The number of imide groups is 1. The Balaban J connectivity index is 1.68. The molecule has 1 saturated heterocycles. The average Bonchev–Trinajstić information content (AvgIpc) is 3.29. The number of anilines is 1. The summed E-state index contributed by atoms with van der Waals surface area (Å²) in [5.74, 6) is -2.35. The quantitative estimate of drug-likeness (QED) is 0.105. The molecule has 12 nitrogen and oxygen atoms in total. The molecule has 5 rings (SSSR count). The standard InChI is InChI=1S/C30H28N4O8S/c1-2-3-8-23(30(38)42-34-25(36)13-14-26(34)37)33-43(39,40)29-22(32)12-11-21-27(19-7-5-4-6-17(19)16-35)20-10-9-18(31)15-24(20)41-28(21)29/h4-7,9-12,15-16,23,31,33H,2-3,8,13-14,32H2,1H3. The van der Waals surface area contributed by atoms with E-state index in [2.05, 4.69) is 4.72 Å². The van der Waals surface area contributed by atoms with Gasteiger partial charge in [-0.05, 0) is 36.2 Å². The lowest BCUT2D eigenvalue weighted by Gasteiger charge is -2.22. The number of rotatable bonds is 10. The van der Waals surface area contributed by atoms with E-state index in [-0.39, 0.29) is 41.7 Å². The molecule has 0 saturated carbocycles. The molecule has 1 unspecified atom stereocenters. The Morgan fingerprint density at radius 3 is 2.53 bits per heavy atom. The van der Waals surface area contributed by atoms with Crippen LogP contribution in [0.1, 0.15) is 49.4 Å². The number of nitrogen functional groups attached to an aromatic ring is 1. The van der Waals surface area contributed by atoms with Crippen LogP contribution in [0.3, 0.4) is 0 Å². The number of hydrogen-bond acceptors (Lipinski definition) is 10. The summed E-state index contributed by atoms with van der Waals surface area (Å²) in [6.45, 7) is 1.84. The fourth-order valence-electron chi connectivity index (χ4n) is 5.03. The molecule has 0 aromatic heterocycles. The summed E-state index contributed by atoms with van der Waals surface area (Å²) in [7, 11) is -4.62. The zero-order valence-corrected chi connectivity index (χ0v) is 23.9. The van der Waals surface area contributed by atoms with Gasteiger partial charge in [0, 0.05) is 41.0 Å². The maximum absolute atomic E-state index is 14.0. The van der Waals surface area contributed by atoms with Gasteiger partial charge in [-0.25, -0.2) is 13.2 Å². The number of aldehydes is 1. The van der Waals surface area contributed by atoms with Crippen LogP contribution >= 0.6 is 0 Å². The molecule has 2 aromatic carbocycles. The number of nitrogens with zero attached hydrogens (tertiary/aromatic N) is 1. The molecule has 4 N–H and O–H groups in total. The van der Waals surface area contributed by atoms with Crippen LogP contribution in [0.4, 0.5) is 5.69 Å². The molecule has 0 spiro atoms. The van der Waals surface area contributed by atoms with Crippen molar-refractivity contribution in [2.75, 3.05) is 5.73 Å². The molecular weight excluding hydrogens is 576 g/mol. The lowest BCUT2D eigenvalue weighted by Crippen LogP contribution is -2.45. The minimum atomic E-state index is -4.62. The van der Waals surface area contributed by atoms with Crippen molar-refractivity contribution in [3.05, 3.63) is 65.5 Å². The highest BCUT2D eigenvalue weighted by molar-refractivity contribution is 7.90. The molecule has 43 heavy (non-hydrogen) atoms. The first-order chi connectivity index (χ1) is 20.6. The van der Waals surface area contributed by atoms with Crippen LogP contribution in [0.5, 0.6) is 0 Å². The lowest BCUT2D eigenvalue weighted by molar-refractivity contribution is -0.198. The van der Waals surface area contributed by atoms with Crippen molar-refractivity contribution in [3.8, 4) is 22.5 Å². The number of unbranched alkanes of at least 4 members (excludes halogenated alkanes) is 1. The van der Waals surface area contributed by atoms with E-state index in [1.165, 1.54) is 12.1 Å². The van der Waals surface area contributed by atoms with Crippen LogP contribution in [0.2, 0.25) is 0 Å². The number of sulfonamides is 1. The summed E-state index contributed by atoms with van der Waals surface area (Å²) in [6, 6.07) is 12.9. The number of carbonyl (C=O) groups is 4. The molecule has 3 aliphatic rings. The number of fused-ring (bicyclic) bond motifs is 2. The number of hydroxylamine groups is 2. The molecule has 1 fully saturated rings. The Morgan fingerprint density at radius 2 is 1.84 bits per heavy atom. The van der Waals surface area contributed by atoms with Gasteiger partial charge in [0.2, 0.25) is 10.0 Å².